The van der Waals surface area contributed by atoms with E-state index in [-0.39, 0.29) is 12.3 Å². The molecule has 3 rings (SSSR count). The average Bonchev–Trinajstić information content (AvgIpc) is 3.00. The van der Waals surface area contributed by atoms with Gasteiger partial charge in [0.05, 0.1) is 11.6 Å². The summed E-state index contributed by atoms with van der Waals surface area (Å²) in [7, 11) is 0. The van der Waals surface area contributed by atoms with E-state index in [0.29, 0.717) is 22.7 Å². The van der Waals surface area contributed by atoms with Crippen molar-refractivity contribution in [1.82, 2.24) is 10.4 Å². The fraction of sp³-hybridized carbons (Fsp3) is 0.238. The van der Waals surface area contributed by atoms with Crippen molar-refractivity contribution in [3.05, 3.63) is 81.6 Å². The van der Waals surface area contributed by atoms with Crippen LogP contribution in [0.3, 0.4) is 0 Å². The van der Waals surface area contributed by atoms with Crippen molar-refractivity contribution >= 4 is 17.6 Å². The van der Waals surface area contributed by atoms with Crippen LogP contribution in [-0.2, 0) is 21.9 Å². The molecule has 0 saturated carbocycles. The molecular weight excluding hydrogens is 378 g/mol. The number of nitrogens with one attached hydrogen (secondary N) is 1. The van der Waals surface area contributed by atoms with Crippen LogP contribution in [0.2, 0.25) is 5.02 Å². The van der Waals surface area contributed by atoms with E-state index < -0.39 is 11.6 Å². The molecule has 144 valence electrons. The molecule has 0 saturated heterocycles. The van der Waals surface area contributed by atoms with Crippen molar-refractivity contribution in [3.63, 3.8) is 0 Å². The average molecular weight is 398 g/mol. The fourth-order valence-electron chi connectivity index (χ4n) is 3.41. The number of rotatable bonds is 6. The van der Waals surface area contributed by atoms with Gasteiger partial charge in [-0.25, -0.2) is 9.86 Å². The van der Waals surface area contributed by atoms with Gasteiger partial charge in [0.25, 0.3) is 0 Å². The number of carboxylic acid groups (broad SMARTS) is 1. The molecule has 0 bridgehead atoms. The first kappa shape index (κ1) is 19.7. The number of hydrogen-bond acceptors (Lipinski definition) is 5. The number of carboxylic acids is 1. The Morgan fingerprint density at radius 1 is 1.32 bits per heavy atom. The standard InChI is InChI=1S/C21H20ClN3O3/c1-3-21(17-9-6-7-15(11-17)12-23)24-14(2)19(20(26)27)25(21)28-13-16-8-4-5-10-18(16)22/h4-11,24H,3,13H2,1-2H3,(H,26,27). The largest absolute Gasteiger partial charge is 0.476 e. The number of nitrogens with zero attached hydrogens (tertiary/aromatic N) is 2. The Kier molecular flexibility index (Phi) is 5.59. The van der Waals surface area contributed by atoms with Crippen LogP contribution in [0.5, 0.6) is 0 Å². The third-order valence-electron chi connectivity index (χ3n) is 4.79. The van der Waals surface area contributed by atoms with Crippen molar-refractivity contribution in [2.24, 2.45) is 0 Å². The highest BCUT2D eigenvalue weighted by molar-refractivity contribution is 6.31. The van der Waals surface area contributed by atoms with Gasteiger partial charge in [0, 0.05) is 16.3 Å². The normalized spacial score (nSPS) is 18.7. The first-order valence-electron chi connectivity index (χ1n) is 8.82. The van der Waals surface area contributed by atoms with Crippen molar-refractivity contribution in [1.29, 1.82) is 5.26 Å². The summed E-state index contributed by atoms with van der Waals surface area (Å²) >= 11 is 6.22. The summed E-state index contributed by atoms with van der Waals surface area (Å²) < 4.78 is 0. The number of nitriles is 1. The van der Waals surface area contributed by atoms with Gasteiger partial charge < -0.3 is 10.4 Å². The molecule has 1 aliphatic heterocycles. The molecule has 0 radical (unpaired) electrons. The molecule has 0 amide bonds. The van der Waals surface area contributed by atoms with E-state index in [1.807, 2.05) is 31.2 Å². The minimum Gasteiger partial charge on any atom is -0.476 e. The molecular formula is C21H20ClN3O3. The first-order valence-corrected chi connectivity index (χ1v) is 9.20. The maximum atomic E-state index is 12.0. The Morgan fingerprint density at radius 3 is 2.71 bits per heavy atom. The highest BCUT2D eigenvalue weighted by atomic mass is 35.5. The molecule has 1 heterocycles. The lowest BCUT2D eigenvalue weighted by atomic mass is 9.95. The highest BCUT2D eigenvalue weighted by Crippen LogP contribution is 2.40. The second-order valence-electron chi connectivity index (χ2n) is 6.47. The highest BCUT2D eigenvalue weighted by Gasteiger charge is 2.48. The van der Waals surface area contributed by atoms with Gasteiger partial charge in [-0.2, -0.15) is 5.26 Å². The van der Waals surface area contributed by atoms with Gasteiger partial charge in [-0.1, -0.05) is 48.9 Å². The summed E-state index contributed by atoms with van der Waals surface area (Å²) in [6, 6.07) is 16.4. The van der Waals surface area contributed by atoms with Crippen molar-refractivity contribution in [2.75, 3.05) is 0 Å². The Balaban J connectivity index is 2.04. The van der Waals surface area contributed by atoms with Crippen LogP contribution < -0.4 is 5.32 Å². The number of halogens is 1. The van der Waals surface area contributed by atoms with Gasteiger partial charge in [0.1, 0.15) is 6.61 Å². The number of benzene rings is 2. The molecule has 7 heteroatoms. The monoisotopic (exact) mass is 397 g/mol. The van der Waals surface area contributed by atoms with E-state index >= 15 is 0 Å². The van der Waals surface area contributed by atoms with E-state index in [4.69, 9.17) is 16.4 Å². The molecule has 1 unspecified atom stereocenters. The van der Waals surface area contributed by atoms with Gasteiger partial charge in [-0.3, -0.25) is 4.84 Å². The Labute approximate surface area is 168 Å². The van der Waals surface area contributed by atoms with Crippen LogP contribution >= 0.6 is 11.6 Å². The fourth-order valence-corrected chi connectivity index (χ4v) is 3.60. The zero-order chi connectivity index (χ0) is 20.3. The number of carbonyl (C=O) groups is 1. The van der Waals surface area contributed by atoms with Crippen LogP contribution in [-0.4, -0.2) is 16.1 Å². The molecule has 0 fully saturated rings. The van der Waals surface area contributed by atoms with Gasteiger partial charge >= 0.3 is 5.97 Å². The van der Waals surface area contributed by atoms with E-state index in [0.717, 1.165) is 11.1 Å². The maximum Gasteiger partial charge on any atom is 0.356 e. The van der Waals surface area contributed by atoms with E-state index in [2.05, 4.69) is 11.4 Å². The summed E-state index contributed by atoms with van der Waals surface area (Å²) in [5.74, 6) is -1.10. The second-order valence-corrected chi connectivity index (χ2v) is 6.88. The lowest BCUT2D eigenvalue weighted by Gasteiger charge is -2.39. The van der Waals surface area contributed by atoms with Crippen molar-refractivity contribution in [2.45, 2.75) is 32.5 Å². The molecule has 6 nitrogen and oxygen atoms in total. The van der Waals surface area contributed by atoms with Gasteiger partial charge in [0.15, 0.2) is 11.4 Å². The molecule has 28 heavy (non-hydrogen) atoms. The molecule has 0 spiro atoms. The molecule has 1 aliphatic rings. The molecule has 0 aliphatic carbocycles. The van der Waals surface area contributed by atoms with Crippen molar-refractivity contribution < 1.29 is 14.7 Å². The van der Waals surface area contributed by atoms with E-state index in [1.54, 1.807) is 31.2 Å². The van der Waals surface area contributed by atoms with Crippen molar-refractivity contribution in [3.8, 4) is 6.07 Å². The van der Waals surface area contributed by atoms with Crippen LogP contribution in [0.15, 0.2) is 59.9 Å². The topological polar surface area (TPSA) is 85.6 Å². The zero-order valence-corrected chi connectivity index (χ0v) is 16.3. The first-order chi connectivity index (χ1) is 13.4. The quantitative estimate of drug-likeness (QED) is 0.762. The summed E-state index contributed by atoms with van der Waals surface area (Å²) in [5, 5.41) is 24.3. The zero-order valence-electron chi connectivity index (χ0n) is 15.6. The summed E-state index contributed by atoms with van der Waals surface area (Å²) in [5.41, 5.74) is 1.52. The SMILES string of the molecule is CCC1(c2cccc(C#N)c2)NC(C)=C(C(=O)O)N1OCc1ccccc1Cl. The van der Waals surface area contributed by atoms with E-state index in [1.165, 1.54) is 5.06 Å². The van der Waals surface area contributed by atoms with Crippen LogP contribution in [0, 0.1) is 11.3 Å². The molecule has 2 aromatic rings. The predicted octanol–water partition coefficient (Wildman–Crippen LogP) is 4.13. The third-order valence-corrected chi connectivity index (χ3v) is 5.16. The predicted molar refractivity (Wildman–Crippen MR) is 105 cm³/mol. The lowest BCUT2D eigenvalue weighted by Crippen LogP contribution is -2.50. The number of allylic oxidation sites excluding steroid dienone is 1. The number of hydroxylamine groups is 2. The van der Waals surface area contributed by atoms with Gasteiger partial charge in [-0.05, 0) is 37.1 Å². The Morgan fingerprint density at radius 2 is 2.07 bits per heavy atom. The number of aliphatic carboxylic acids is 1. The number of hydrogen-bond donors (Lipinski definition) is 2. The summed E-state index contributed by atoms with van der Waals surface area (Å²) in [6.45, 7) is 3.72. The van der Waals surface area contributed by atoms with Crippen LogP contribution in [0.25, 0.3) is 0 Å². The van der Waals surface area contributed by atoms with Gasteiger partial charge in [0.2, 0.25) is 0 Å². The molecule has 1 atom stereocenters. The Hall–Kier alpha value is -3.01. The summed E-state index contributed by atoms with van der Waals surface area (Å²) in [4.78, 5) is 18.0. The summed E-state index contributed by atoms with van der Waals surface area (Å²) in [6.07, 6.45) is 0.499. The minimum absolute atomic E-state index is 0.0243. The minimum atomic E-state index is -1.10. The maximum absolute atomic E-state index is 12.0. The smallest absolute Gasteiger partial charge is 0.356 e. The van der Waals surface area contributed by atoms with Crippen LogP contribution in [0.1, 0.15) is 37.0 Å². The van der Waals surface area contributed by atoms with Crippen LogP contribution in [0.4, 0.5) is 0 Å². The molecule has 2 aromatic carbocycles. The lowest BCUT2D eigenvalue weighted by molar-refractivity contribution is -0.213. The third kappa shape index (κ3) is 3.42. The second kappa shape index (κ2) is 7.93. The molecule has 0 aromatic heterocycles. The Bertz CT molecular complexity index is 983. The van der Waals surface area contributed by atoms with E-state index in [9.17, 15) is 15.2 Å². The van der Waals surface area contributed by atoms with Gasteiger partial charge in [-0.15, -0.1) is 0 Å². The molecule has 2 N–H and O–H groups in total.